The van der Waals surface area contributed by atoms with E-state index < -0.39 is 0 Å². The second-order valence-corrected chi connectivity index (χ2v) is 8.55. The number of fused-ring (bicyclic) bond motifs is 2. The molecule has 0 aromatic heterocycles. The maximum absolute atomic E-state index is 12.4. The topological polar surface area (TPSA) is 58.2 Å². The first kappa shape index (κ1) is 18.1. The van der Waals surface area contributed by atoms with Crippen molar-refractivity contribution in [2.75, 3.05) is 11.1 Å². The number of anilines is 1. The average molecular weight is 381 g/mol. The minimum absolute atomic E-state index is 0.0524. The monoisotopic (exact) mass is 380 g/mol. The Morgan fingerprint density at radius 3 is 2.44 bits per heavy atom. The molecule has 0 spiro atoms. The number of hydrogen-bond acceptors (Lipinski definition) is 3. The SMILES string of the molecule is O=C(CCSC1CCc2ccccc2NC1=O)NC1Cc2ccccc2C1. The Morgan fingerprint density at radius 2 is 1.70 bits per heavy atom. The van der Waals surface area contributed by atoms with Crippen molar-refractivity contribution in [3.63, 3.8) is 0 Å². The van der Waals surface area contributed by atoms with E-state index in [1.165, 1.54) is 16.7 Å². The zero-order valence-electron chi connectivity index (χ0n) is 15.2. The third-order valence-corrected chi connectivity index (χ3v) is 6.60. The zero-order chi connectivity index (χ0) is 18.6. The Kier molecular flexibility index (Phi) is 5.48. The Balaban J connectivity index is 1.22. The van der Waals surface area contributed by atoms with E-state index in [9.17, 15) is 9.59 Å². The van der Waals surface area contributed by atoms with Crippen LogP contribution in [0.25, 0.3) is 0 Å². The minimum Gasteiger partial charge on any atom is -0.353 e. The summed E-state index contributed by atoms with van der Waals surface area (Å²) in [5.74, 6) is 0.800. The van der Waals surface area contributed by atoms with Gasteiger partial charge in [0, 0.05) is 23.9 Å². The van der Waals surface area contributed by atoms with E-state index in [0.717, 1.165) is 31.4 Å². The van der Waals surface area contributed by atoms with Crippen molar-refractivity contribution in [1.82, 2.24) is 5.32 Å². The first-order chi connectivity index (χ1) is 13.2. The molecule has 27 heavy (non-hydrogen) atoms. The van der Waals surface area contributed by atoms with Gasteiger partial charge in [0.05, 0.1) is 5.25 Å². The Bertz CT molecular complexity index is 827. The Labute approximate surface area is 164 Å². The lowest BCUT2D eigenvalue weighted by Gasteiger charge is -2.14. The molecule has 0 saturated heterocycles. The van der Waals surface area contributed by atoms with Gasteiger partial charge in [-0.2, -0.15) is 0 Å². The second-order valence-electron chi connectivity index (χ2n) is 7.24. The summed E-state index contributed by atoms with van der Waals surface area (Å²) < 4.78 is 0. The maximum Gasteiger partial charge on any atom is 0.237 e. The second kappa shape index (κ2) is 8.17. The fourth-order valence-corrected chi connectivity index (χ4v) is 4.99. The van der Waals surface area contributed by atoms with Gasteiger partial charge in [0.25, 0.3) is 0 Å². The average Bonchev–Trinajstić information content (AvgIpc) is 2.99. The summed E-state index contributed by atoms with van der Waals surface area (Å²) >= 11 is 1.59. The number of carbonyl (C=O) groups is 2. The molecule has 1 heterocycles. The van der Waals surface area contributed by atoms with Gasteiger partial charge >= 0.3 is 0 Å². The quantitative estimate of drug-likeness (QED) is 0.836. The molecule has 4 rings (SSSR count). The third-order valence-electron chi connectivity index (χ3n) is 5.31. The van der Waals surface area contributed by atoms with Crippen LogP contribution in [0.2, 0.25) is 0 Å². The maximum atomic E-state index is 12.4. The lowest BCUT2D eigenvalue weighted by Crippen LogP contribution is -2.35. The molecule has 140 valence electrons. The number of amides is 2. The summed E-state index contributed by atoms with van der Waals surface area (Å²) in [6, 6.07) is 16.5. The van der Waals surface area contributed by atoms with Crippen LogP contribution in [-0.2, 0) is 28.9 Å². The number of rotatable bonds is 5. The number of carbonyl (C=O) groups excluding carboxylic acids is 2. The molecule has 1 atom stereocenters. The van der Waals surface area contributed by atoms with Gasteiger partial charge in [-0.25, -0.2) is 0 Å². The molecule has 5 heteroatoms. The number of para-hydroxylation sites is 1. The predicted octanol–water partition coefficient (Wildman–Crippen LogP) is 3.35. The number of nitrogens with one attached hydrogen (secondary N) is 2. The standard InChI is InChI=1S/C22H24N2O2S/c25-21(23-18-13-16-6-1-2-7-17(16)14-18)11-12-27-20-10-9-15-5-3-4-8-19(15)24-22(20)26/h1-8,18,20H,9-14H2,(H,23,25)(H,24,26). The van der Waals surface area contributed by atoms with E-state index >= 15 is 0 Å². The van der Waals surface area contributed by atoms with Crippen LogP contribution in [0, 0.1) is 0 Å². The van der Waals surface area contributed by atoms with Crippen LogP contribution in [0.4, 0.5) is 5.69 Å². The molecule has 1 unspecified atom stereocenters. The van der Waals surface area contributed by atoms with Crippen LogP contribution in [-0.4, -0.2) is 28.9 Å². The fraction of sp³-hybridized carbons (Fsp3) is 0.364. The highest BCUT2D eigenvalue weighted by atomic mass is 32.2. The van der Waals surface area contributed by atoms with Crippen molar-refractivity contribution >= 4 is 29.3 Å². The van der Waals surface area contributed by atoms with Gasteiger partial charge in [0.2, 0.25) is 11.8 Å². The van der Waals surface area contributed by atoms with Crippen molar-refractivity contribution in [3.05, 3.63) is 65.2 Å². The van der Waals surface area contributed by atoms with E-state index in [0.29, 0.717) is 12.2 Å². The first-order valence-corrected chi connectivity index (χ1v) is 10.6. The van der Waals surface area contributed by atoms with Crippen LogP contribution in [0.5, 0.6) is 0 Å². The van der Waals surface area contributed by atoms with Crippen LogP contribution < -0.4 is 10.6 Å². The number of benzene rings is 2. The molecule has 2 N–H and O–H groups in total. The van der Waals surface area contributed by atoms with Crippen molar-refractivity contribution < 1.29 is 9.59 Å². The predicted molar refractivity (Wildman–Crippen MR) is 110 cm³/mol. The van der Waals surface area contributed by atoms with Crippen molar-refractivity contribution in [3.8, 4) is 0 Å². The molecule has 0 fully saturated rings. The lowest BCUT2D eigenvalue weighted by atomic mass is 10.1. The summed E-state index contributed by atoms with van der Waals surface area (Å²) in [6.45, 7) is 0. The van der Waals surface area contributed by atoms with Gasteiger partial charge in [-0.1, -0.05) is 42.5 Å². The molecular formula is C22H24N2O2S. The van der Waals surface area contributed by atoms with Gasteiger partial charge < -0.3 is 10.6 Å². The summed E-state index contributed by atoms with van der Waals surface area (Å²) in [7, 11) is 0. The van der Waals surface area contributed by atoms with Crippen LogP contribution in [0.1, 0.15) is 29.5 Å². The Morgan fingerprint density at radius 1 is 1.04 bits per heavy atom. The minimum atomic E-state index is -0.0964. The Hall–Kier alpha value is -2.27. The van der Waals surface area contributed by atoms with Gasteiger partial charge in [0.15, 0.2) is 0 Å². The molecule has 2 aromatic carbocycles. The molecule has 1 aliphatic carbocycles. The molecule has 2 amide bonds. The van der Waals surface area contributed by atoms with Gasteiger partial charge in [0.1, 0.15) is 0 Å². The highest BCUT2D eigenvalue weighted by Gasteiger charge is 2.25. The van der Waals surface area contributed by atoms with E-state index in [1.54, 1.807) is 11.8 Å². The van der Waals surface area contributed by atoms with Crippen LogP contribution in [0.3, 0.4) is 0 Å². The van der Waals surface area contributed by atoms with Gasteiger partial charge in [-0.15, -0.1) is 11.8 Å². The fourth-order valence-electron chi connectivity index (χ4n) is 3.90. The zero-order valence-corrected chi connectivity index (χ0v) is 16.1. The molecule has 2 aromatic rings. The van der Waals surface area contributed by atoms with Gasteiger partial charge in [-0.3, -0.25) is 9.59 Å². The highest BCUT2D eigenvalue weighted by molar-refractivity contribution is 8.00. The largest absolute Gasteiger partial charge is 0.353 e. The summed E-state index contributed by atoms with van der Waals surface area (Å²) in [6.07, 6.45) is 3.98. The smallest absolute Gasteiger partial charge is 0.237 e. The van der Waals surface area contributed by atoms with Crippen LogP contribution in [0.15, 0.2) is 48.5 Å². The lowest BCUT2D eigenvalue weighted by molar-refractivity contribution is -0.121. The molecule has 0 bridgehead atoms. The highest BCUT2D eigenvalue weighted by Crippen LogP contribution is 2.27. The molecule has 0 saturated carbocycles. The van der Waals surface area contributed by atoms with E-state index in [2.05, 4.69) is 41.0 Å². The molecular weight excluding hydrogens is 356 g/mol. The van der Waals surface area contributed by atoms with Crippen molar-refractivity contribution in [2.24, 2.45) is 0 Å². The van der Waals surface area contributed by atoms with Crippen molar-refractivity contribution in [2.45, 2.75) is 43.4 Å². The number of thioether (sulfide) groups is 1. The normalized spacial score (nSPS) is 19.0. The van der Waals surface area contributed by atoms with Gasteiger partial charge in [-0.05, 0) is 48.4 Å². The molecule has 1 aliphatic heterocycles. The number of aryl methyl sites for hydroxylation is 1. The molecule has 2 aliphatic rings. The van der Waals surface area contributed by atoms with E-state index in [1.807, 2.05) is 18.2 Å². The summed E-state index contributed by atoms with van der Waals surface area (Å²) in [5, 5.41) is 6.07. The third kappa shape index (κ3) is 4.35. The van der Waals surface area contributed by atoms with Crippen LogP contribution >= 0.6 is 11.8 Å². The molecule has 4 nitrogen and oxygen atoms in total. The number of hydrogen-bond donors (Lipinski definition) is 2. The first-order valence-electron chi connectivity index (χ1n) is 9.55. The van der Waals surface area contributed by atoms with E-state index in [-0.39, 0.29) is 23.1 Å². The van der Waals surface area contributed by atoms with Crippen molar-refractivity contribution in [1.29, 1.82) is 0 Å². The summed E-state index contributed by atoms with van der Waals surface area (Å²) in [4.78, 5) is 24.7. The summed E-state index contributed by atoms with van der Waals surface area (Å²) in [5.41, 5.74) is 4.79. The molecule has 0 radical (unpaired) electrons. The van der Waals surface area contributed by atoms with E-state index in [4.69, 9.17) is 0 Å².